The molecule has 0 radical (unpaired) electrons. The summed E-state index contributed by atoms with van der Waals surface area (Å²) in [5.41, 5.74) is 2.55. The quantitative estimate of drug-likeness (QED) is 0.651. The van der Waals surface area contributed by atoms with Crippen LogP contribution in [0.4, 0.5) is 17.1 Å². The Morgan fingerprint density at radius 1 is 1.08 bits per heavy atom. The average molecular weight is 339 g/mol. The predicted molar refractivity (Wildman–Crippen MR) is 96.9 cm³/mol. The van der Waals surface area contributed by atoms with Crippen LogP contribution in [0.25, 0.3) is 0 Å². The molecule has 0 bridgehead atoms. The maximum Gasteiger partial charge on any atom is 0.267 e. The van der Waals surface area contributed by atoms with E-state index in [0.717, 1.165) is 11.4 Å². The van der Waals surface area contributed by atoms with Crippen LogP contribution in [-0.4, -0.2) is 16.0 Å². The first kappa shape index (κ1) is 16.2. The Labute approximate surface area is 144 Å². The fraction of sp³-hybridized carbons (Fsp3) is 0.111. The number of benzene rings is 2. The number of anilines is 3. The molecule has 0 fully saturated rings. The standard InChI is InChI=1S/C18H17N3O2S/c1-12(22)18-19-11-16(24-18)17(23)21-15-9-5-8-14(10-15)20-13-6-3-2-4-7-13/h2-12,20,22H,1H3,(H,21,23)/t12-/m0/s1. The molecule has 1 heterocycles. The van der Waals surface area contributed by atoms with E-state index >= 15 is 0 Å². The van der Waals surface area contributed by atoms with Gasteiger partial charge in [0.2, 0.25) is 0 Å². The lowest BCUT2D eigenvalue weighted by molar-refractivity contribution is 0.103. The molecule has 3 N–H and O–H groups in total. The number of rotatable bonds is 5. The second kappa shape index (κ2) is 7.25. The summed E-state index contributed by atoms with van der Waals surface area (Å²) >= 11 is 1.19. The lowest BCUT2D eigenvalue weighted by Crippen LogP contribution is -2.10. The number of thiazole rings is 1. The molecule has 1 atom stereocenters. The van der Waals surface area contributed by atoms with Crippen LogP contribution in [0.5, 0.6) is 0 Å². The highest BCUT2D eigenvalue weighted by Gasteiger charge is 2.13. The Morgan fingerprint density at radius 3 is 2.50 bits per heavy atom. The largest absolute Gasteiger partial charge is 0.386 e. The minimum absolute atomic E-state index is 0.240. The van der Waals surface area contributed by atoms with Gasteiger partial charge in [0.25, 0.3) is 5.91 Å². The van der Waals surface area contributed by atoms with Gasteiger partial charge in [-0.3, -0.25) is 4.79 Å². The van der Waals surface area contributed by atoms with Gasteiger partial charge in [0.05, 0.1) is 6.20 Å². The van der Waals surface area contributed by atoms with E-state index in [-0.39, 0.29) is 5.91 Å². The van der Waals surface area contributed by atoms with Gasteiger partial charge in [0.1, 0.15) is 16.0 Å². The number of aliphatic hydroxyl groups excluding tert-OH is 1. The Hall–Kier alpha value is -2.70. The van der Waals surface area contributed by atoms with Crippen LogP contribution in [0.3, 0.4) is 0 Å². The van der Waals surface area contributed by atoms with Crippen molar-refractivity contribution in [2.75, 3.05) is 10.6 Å². The van der Waals surface area contributed by atoms with E-state index in [4.69, 9.17) is 0 Å². The van der Waals surface area contributed by atoms with Gasteiger partial charge in [0, 0.05) is 17.1 Å². The van der Waals surface area contributed by atoms with E-state index in [1.54, 1.807) is 6.92 Å². The van der Waals surface area contributed by atoms with Gasteiger partial charge in [-0.2, -0.15) is 0 Å². The molecule has 0 saturated carbocycles. The second-order valence-corrected chi connectivity index (χ2v) is 6.33. The molecule has 0 aliphatic heterocycles. The van der Waals surface area contributed by atoms with Gasteiger partial charge in [-0.25, -0.2) is 4.98 Å². The number of aliphatic hydroxyl groups is 1. The highest BCUT2D eigenvalue weighted by molar-refractivity contribution is 7.13. The lowest BCUT2D eigenvalue weighted by atomic mass is 10.2. The fourth-order valence-electron chi connectivity index (χ4n) is 2.14. The van der Waals surface area contributed by atoms with Crippen molar-refractivity contribution in [2.45, 2.75) is 13.0 Å². The maximum atomic E-state index is 12.3. The Kier molecular flexibility index (Phi) is 4.88. The SMILES string of the molecule is C[C@H](O)c1ncc(C(=O)Nc2cccc(Nc3ccccc3)c2)s1. The molecular weight excluding hydrogens is 322 g/mol. The summed E-state index contributed by atoms with van der Waals surface area (Å²) in [7, 11) is 0. The van der Waals surface area contributed by atoms with Crippen molar-refractivity contribution in [3.8, 4) is 0 Å². The monoisotopic (exact) mass is 339 g/mol. The molecule has 1 amide bonds. The minimum Gasteiger partial charge on any atom is -0.386 e. The van der Waals surface area contributed by atoms with Crippen molar-refractivity contribution in [2.24, 2.45) is 0 Å². The number of hydrogen-bond acceptors (Lipinski definition) is 5. The molecule has 6 heteroatoms. The van der Waals surface area contributed by atoms with Gasteiger partial charge in [-0.15, -0.1) is 11.3 Å². The number of nitrogens with one attached hydrogen (secondary N) is 2. The minimum atomic E-state index is -0.671. The van der Waals surface area contributed by atoms with Crippen LogP contribution in [0, 0.1) is 0 Å². The Bertz CT molecular complexity index is 831. The third-order valence-corrected chi connectivity index (χ3v) is 4.45. The fourth-order valence-corrected chi connectivity index (χ4v) is 2.89. The Balaban J connectivity index is 1.70. The van der Waals surface area contributed by atoms with E-state index in [1.165, 1.54) is 17.5 Å². The molecule has 0 aliphatic rings. The van der Waals surface area contributed by atoms with Crippen molar-refractivity contribution in [3.63, 3.8) is 0 Å². The number of aromatic nitrogens is 1. The molecule has 0 unspecified atom stereocenters. The van der Waals surface area contributed by atoms with E-state index in [1.807, 2.05) is 54.6 Å². The first-order valence-electron chi connectivity index (χ1n) is 7.49. The zero-order valence-corrected chi connectivity index (χ0v) is 13.9. The van der Waals surface area contributed by atoms with Crippen molar-refractivity contribution < 1.29 is 9.90 Å². The molecule has 2 aromatic carbocycles. The summed E-state index contributed by atoms with van der Waals surface area (Å²) in [4.78, 5) is 16.8. The molecule has 3 rings (SSSR count). The lowest BCUT2D eigenvalue weighted by Gasteiger charge is -2.09. The number of carbonyl (C=O) groups is 1. The summed E-state index contributed by atoms with van der Waals surface area (Å²) in [6.07, 6.45) is 0.809. The van der Waals surface area contributed by atoms with Crippen LogP contribution in [0.2, 0.25) is 0 Å². The first-order valence-corrected chi connectivity index (χ1v) is 8.31. The van der Waals surface area contributed by atoms with Gasteiger partial charge in [0.15, 0.2) is 0 Å². The molecule has 0 aliphatic carbocycles. The molecule has 24 heavy (non-hydrogen) atoms. The average Bonchev–Trinajstić information content (AvgIpc) is 3.06. The molecule has 5 nitrogen and oxygen atoms in total. The zero-order valence-electron chi connectivity index (χ0n) is 13.1. The number of amides is 1. The number of hydrogen-bond donors (Lipinski definition) is 3. The highest BCUT2D eigenvalue weighted by Crippen LogP contribution is 2.23. The maximum absolute atomic E-state index is 12.3. The number of para-hydroxylation sites is 1. The molecule has 1 aromatic heterocycles. The normalized spacial score (nSPS) is 11.8. The smallest absolute Gasteiger partial charge is 0.267 e. The molecule has 0 saturated heterocycles. The van der Waals surface area contributed by atoms with Gasteiger partial charge in [-0.1, -0.05) is 24.3 Å². The van der Waals surface area contributed by atoms with E-state index in [9.17, 15) is 9.90 Å². The van der Waals surface area contributed by atoms with E-state index in [2.05, 4.69) is 15.6 Å². The first-order chi connectivity index (χ1) is 11.6. The second-order valence-electron chi connectivity index (χ2n) is 5.26. The summed E-state index contributed by atoms with van der Waals surface area (Å²) in [6.45, 7) is 1.62. The summed E-state index contributed by atoms with van der Waals surface area (Å²) < 4.78 is 0. The van der Waals surface area contributed by atoms with Crippen LogP contribution in [-0.2, 0) is 0 Å². The zero-order chi connectivity index (χ0) is 16.9. The third kappa shape index (κ3) is 3.98. The van der Waals surface area contributed by atoms with E-state index < -0.39 is 6.10 Å². The van der Waals surface area contributed by atoms with Crippen molar-refractivity contribution in [1.29, 1.82) is 0 Å². The molecule has 3 aromatic rings. The topological polar surface area (TPSA) is 74.2 Å². The molecular formula is C18H17N3O2S. The van der Waals surface area contributed by atoms with Crippen LogP contribution in [0.15, 0.2) is 60.8 Å². The number of carbonyl (C=O) groups excluding carboxylic acids is 1. The van der Waals surface area contributed by atoms with Gasteiger partial charge in [-0.05, 0) is 37.3 Å². The van der Waals surface area contributed by atoms with Crippen LogP contribution in [0.1, 0.15) is 27.7 Å². The number of nitrogens with zero attached hydrogens (tertiary/aromatic N) is 1. The third-order valence-electron chi connectivity index (χ3n) is 3.29. The summed E-state index contributed by atoms with van der Waals surface area (Å²) in [6, 6.07) is 17.3. The molecule has 0 spiro atoms. The summed E-state index contributed by atoms with van der Waals surface area (Å²) in [5, 5.41) is 16.1. The Morgan fingerprint density at radius 2 is 1.79 bits per heavy atom. The van der Waals surface area contributed by atoms with E-state index in [0.29, 0.717) is 15.6 Å². The summed E-state index contributed by atoms with van der Waals surface area (Å²) in [5.74, 6) is -0.240. The predicted octanol–water partition coefficient (Wildman–Crippen LogP) is 4.19. The highest BCUT2D eigenvalue weighted by atomic mass is 32.1. The molecule has 122 valence electrons. The van der Waals surface area contributed by atoms with Crippen LogP contribution >= 0.6 is 11.3 Å². The van der Waals surface area contributed by atoms with Gasteiger partial charge >= 0.3 is 0 Å². The van der Waals surface area contributed by atoms with Crippen LogP contribution < -0.4 is 10.6 Å². The van der Waals surface area contributed by atoms with Gasteiger partial charge < -0.3 is 15.7 Å². The van der Waals surface area contributed by atoms with Crippen molar-refractivity contribution >= 4 is 34.3 Å². The van der Waals surface area contributed by atoms with Crippen molar-refractivity contribution in [3.05, 3.63) is 70.7 Å². The van der Waals surface area contributed by atoms with Crippen molar-refractivity contribution in [1.82, 2.24) is 4.98 Å².